The van der Waals surface area contributed by atoms with Gasteiger partial charge in [0.2, 0.25) is 0 Å². The lowest BCUT2D eigenvalue weighted by Gasteiger charge is -2.35. The molecule has 152 valence electrons. The number of hydrogen-bond donors (Lipinski definition) is 2. The van der Waals surface area contributed by atoms with Gasteiger partial charge in [0, 0.05) is 22.0 Å². The van der Waals surface area contributed by atoms with E-state index < -0.39 is 5.82 Å². The molecular formula is C21H21ClFN3O2S. The van der Waals surface area contributed by atoms with E-state index in [2.05, 4.69) is 15.5 Å². The van der Waals surface area contributed by atoms with Crippen LogP contribution in [0, 0.1) is 5.82 Å². The van der Waals surface area contributed by atoms with Crippen LogP contribution in [0.5, 0.6) is 0 Å². The molecule has 0 radical (unpaired) electrons. The van der Waals surface area contributed by atoms with Crippen LogP contribution >= 0.6 is 23.4 Å². The maximum absolute atomic E-state index is 13.1. The lowest BCUT2D eigenvalue weighted by Crippen LogP contribution is -2.46. The average molecular weight is 434 g/mol. The third-order valence-electron chi connectivity index (χ3n) is 5.14. The van der Waals surface area contributed by atoms with Gasteiger partial charge in [-0.25, -0.2) is 4.39 Å². The Kier molecular flexibility index (Phi) is 6.08. The van der Waals surface area contributed by atoms with Crippen molar-refractivity contribution in [3.63, 3.8) is 0 Å². The number of anilines is 1. The molecule has 0 aliphatic carbocycles. The van der Waals surface area contributed by atoms with Gasteiger partial charge in [-0.1, -0.05) is 35.9 Å². The zero-order chi connectivity index (χ0) is 20.4. The number of hydrogen-bond acceptors (Lipinski definition) is 4. The molecule has 0 bridgehead atoms. The van der Waals surface area contributed by atoms with Crippen molar-refractivity contribution in [2.24, 2.45) is 0 Å². The largest absolute Gasteiger partial charge is 0.348 e. The summed E-state index contributed by atoms with van der Waals surface area (Å²) in [7, 11) is 0. The van der Waals surface area contributed by atoms with Crippen LogP contribution < -0.4 is 10.6 Å². The van der Waals surface area contributed by atoms with Gasteiger partial charge < -0.3 is 10.6 Å². The maximum atomic E-state index is 13.1. The van der Waals surface area contributed by atoms with Crippen LogP contribution in [0.2, 0.25) is 5.02 Å². The van der Waals surface area contributed by atoms with Gasteiger partial charge >= 0.3 is 0 Å². The molecule has 1 atom stereocenters. The Morgan fingerprint density at radius 3 is 2.76 bits per heavy atom. The van der Waals surface area contributed by atoms with Gasteiger partial charge in [-0.3, -0.25) is 14.5 Å². The fourth-order valence-electron chi connectivity index (χ4n) is 3.58. The Balaban J connectivity index is 1.43. The monoisotopic (exact) mass is 433 g/mol. The highest BCUT2D eigenvalue weighted by atomic mass is 35.5. The van der Waals surface area contributed by atoms with Crippen molar-refractivity contribution < 1.29 is 14.0 Å². The number of carbonyl (C=O) groups excluding carboxylic acids is 2. The minimum Gasteiger partial charge on any atom is -0.348 e. The summed E-state index contributed by atoms with van der Waals surface area (Å²) in [4.78, 5) is 28.3. The average Bonchev–Trinajstić information content (AvgIpc) is 2.72. The van der Waals surface area contributed by atoms with Crippen LogP contribution in [0.15, 0.2) is 41.3 Å². The standard InChI is InChI=1S/C21H21ClFN3O2S/c22-16-11-15(23)6-4-14(16)12-24-19(27)13-5-7-18-17(10-13)25-20(28)21(29-18)26-8-2-1-3-9-26/h4-7,10-11,21H,1-3,8-9,12H2,(H,24,27)(H,25,28). The summed E-state index contributed by atoms with van der Waals surface area (Å²) in [5.41, 5.74) is 1.73. The van der Waals surface area contributed by atoms with Crippen molar-refractivity contribution >= 4 is 40.9 Å². The molecule has 2 aliphatic rings. The predicted molar refractivity (Wildman–Crippen MR) is 113 cm³/mol. The first-order chi connectivity index (χ1) is 14.0. The lowest BCUT2D eigenvalue weighted by atomic mass is 10.1. The SMILES string of the molecule is O=C(NCc1ccc(F)cc1Cl)c1ccc2c(c1)NC(=O)C(N1CCCCC1)S2. The smallest absolute Gasteiger partial charge is 0.252 e. The Hall–Kier alpha value is -2.09. The van der Waals surface area contributed by atoms with E-state index in [9.17, 15) is 14.0 Å². The van der Waals surface area contributed by atoms with Crippen molar-refractivity contribution in [2.75, 3.05) is 18.4 Å². The number of nitrogens with zero attached hydrogens (tertiary/aromatic N) is 1. The fourth-order valence-corrected chi connectivity index (χ4v) is 4.96. The second-order valence-corrected chi connectivity index (χ2v) is 8.71. The molecule has 8 heteroatoms. The number of thioether (sulfide) groups is 1. The molecule has 2 amide bonds. The first kappa shape index (κ1) is 20.2. The summed E-state index contributed by atoms with van der Waals surface area (Å²) in [6, 6.07) is 9.37. The minimum atomic E-state index is -0.420. The summed E-state index contributed by atoms with van der Waals surface area (Å²) < 4.78 is 13.1. The van der Waals surface area contributed by atoms with E-state index in [1.165, 1.54) is 30.3 Å². The predicted octanol–water partition coefficient (Wildman–Crippen LogP) is 4.27. The fraction of sp³-hybridized carbons (Fsp3) is 0.333. The molecule has 2 aliphatic heterocycles. The first-order valence-corrected chi connectivity index (χ1v) is 10.8. The summed E-state index contributed by atoms with van der Waals surface area (Å²) in [5, 5.41) is 5.78. The molecule has 2 aromatic carbocycles. The third kappa shape index (κ3) is 4.57. The normalized spacial score (nSPS) is 19.4. The number of likely N-dealkylation sites (tertiary alicyclic amines) is 1. The number of rotatable bonds is 4. The number of nitrogens with one attached hydrogen (secondary N) is 2. The number of carbonyl (C=O) groups is 2. The summed E-state index contributed by atoms with van der Waals surface area (Å²) in [6.07, 6.45) is 3.45. The van der Waals surface area contributed by atoms with Crippen molar-refractivity contribution in [3.05, 3.63) is 58.4 Å². The van der Waals surface area contributed by atoms with Gasteiger partial charge in [-0.2, -0.15) is 0 Å². The molecule has 2 aromatic rings. The Morgan fingerprint density at radius 2 is 2.00 bits per heavy atom. The van der Waals surface area contributed by atoms with Crippen molar-refractivity contribution in [1.82, 2.24) is 10.2 Å². The highest BCUT2D eigenvalue weighted by Crippen LogP contribution is 2.38. The summed E-state index contributed by atoms with van der Waals surface area (Å²) in [6.45, 7) is 2.06. The Labute approximate surface area is 178 Å². The van der Waals surface area contributed by atoms with Crippen molar-refractivity contribution in [2.45, 2.75) is 36.1 Å². The van der Waals surface area contributed by atoms with Crippen LogP contribution in [0.25, 0.3) is 0 Å². The molecule has 2 N–H and O–H groups in total. The molecule has 1 saturated heterocycles. The van der Waals surface area contributed by atoms with Crippen LogP contribution in [0.3, 0.4) is 0 Å². The number of fused-ring (bicyclic) bond motifs is 1. The molecule has 0 aromatic heterocycles. The van der Waals surface area contributed by atoms with E-state index >= 15 is 0 Å². The highest BCUT2D eigenvalue weighted by Gasteiger charge is 2.33. The molecular weight excluding hydrogens is 413 g/mol. The van der Waals surface area contributed by atoms with E-state index in [1.807, 2.05) is 6.07 Å². The van der Waals surface area contributed by atoms with E-state index in [4.69, 9.17) is 11.6 Å². The van der Waals surface area contributed by atoms with Crippen molar-refractivity contribution in [3.8, 4) is 0 Å². The number of halogens is 2. The quantitative estimate of drug-likeness (QED) is 0.756. The van der Waals surface area contributed by atoms with E-state index in [0.717, 1.165) is 30.8 Å². The van der Waals surface area contributed by atoms with Gasteiger partial charge in [0.1, 0.15) is 11.2 Å². The second-order valence-electron chi connectivity index (χ2n) is 7.19. The van der Waals surface area contributed by atoms with Crippen LogP contribution in [-0.2, 0) is 11.3 Å². The molecule has 1 unspecified atom stereocenters. The zero-order valence-electron chi connectivity index (χ0n) is 15.7. The lowest BCUT2D eigenvalue weighted by molar-refractivity contribution is -0.118. The molecule has 29 heavy (non-hydrogen) atoms. The van der Waals surface area contributed by atoms with E-state index in [1.54, 1.807) is 18.2 Å². The number of benzene rings is 2. The maximum Gasteiger partial charge on any atom is 0.252 e. The van der Waals surface area contributed by atoms with Gasteiger partial charge in [0.15, 0.2) is 0 Å². The third-order valence-corrected chi connectivity index (χ3v) is 6.84. The second kappa shape index (κ2) is 8.73. The molecule has 2 heterocycles. The first-order valence-electron chi connectivity index (χ1n) is 9.59. The summed E-state index contributed by atoms with van der Waals surface area (Å²) in [5.74, 6) is -0.749. The molecule has 1 fully saturated rings. The molecule has 4 rings (SSSR count). The van der Waals surface area contributed by atoms with Gasteiger partial charge in [-0.05, 0) is 61.8 Å². The van der Waals surface area contributed by atoms with E-state index in [-0.39, 0.29) is 28.8 Å². The molecule has 5 nitrogen and oxygen atoms in total. The van der Waals surface area contributed by atoms with Crippen LogP contribution in [0.4, 0.5) is 10.1 Å². The Morgan fingerprint density at radius 1 is 1.21 bits per heavy atom. The highest BCUT2D eigenvalue weighted by molar-refractivity contribution is 8.00. The topological polar surface area (TPSA) is 61.4 Å². The molecule has 0 saturated carbocycles. The van der Waals surface area contributed by atoms with Gasteiger partial charge in [0.25, 0.3) is 11.8 Å². The molecule has 0 spiro atoms. The Bertz CT molecular complexity index is 950. The number of amides is 2. The van der Waals surface area contributed by atoms with Crippen LogP contribution in [0.1, 0.15) is 35.2 Å². The van der Waals surface area contributed by atoms with Crippen LogP contribution in [-0.4, -0.2) is 35.2 Å². The number of piperidine rings is 1. The van der Waals surface area contributed by atoms with Gasteiger partial charge in [0.05, 0.1) is 5.69 Å². The van der Waals surface area contributed by atoms with Gasteiger partial charge in [-0.15, -0.1) is 0 Å². The van der Waals surface area contributed by atoms with Crippen molar-refractivity contribution in [1.29, 1.82) is 0 Å². The summed E-state index contributed by atoms with van der Waals surface area (Å²) >= 11 is 7.54. The zero-order valence-corrected chi connectivity index (χ0v) is 17.3. The van der Waals surface area contributed by atoms with E-state index in [0.29, 0.717) is 16.8 Å². The minimum absolute atomic E-state index is 0.0416.